The second kappa shape index (κ2) is 19.6. The highest BCUT2D eigenvalue weighted by Gasteiger charge is 2.31. The van der Waals surface area contributed by atoms with Crippen molar-refractivity contribution in [2.75, 3.05) is 6.61 Å². The van der Waals surface area contributed by atoms with Crippen LogP contribution in [-0.4, -0.2) is 47.1 Å². The molecule has 0 fully saturated rings. The van der Waals surface area contributed by atoms with Gasteiger partial charge in [0.25, 0.3) is 0 Å². The maximum Gasteiger partial charge on any atom is 0.224 e. The summed E-state index contributed by atoms with van der Waals surface area (Å²) in [5.74, 6) is -2.47. The van der Waals surface area contributed by atoms with E-state index in [4.69, 9.17) is 16.1 Å². The Morgan fingerprint density at radius 2 is 1.55 bits per heavy atom. The van der Waals surface area contributed by atoms with E-state index >= 15 is 0 Å². The minimum atomic E-state index is -0.896. The van der Waals surface area contributed by atoms with Gasteiger partial charge in [-0.15, -0.1) is 8.93 Å². The van der Waals surface area contributed by atoms with Crippen molar-refractivity contribution >= 4 is 79.1 Å². The minimum absolute atomic E-state index is 0.0373. The number of halogens is 1. The number of hydrogen-bond donors (Lipinski definition) is 2. The third-order valence-electron chi connectivity index (χ3n) is 8.20. The van der Waals surface area contributed by atoms with Gasteiger partial charge in [0, 0.05) is 35.7 Å². The SMILES string of the molecule is CC(=O)[C@H](COP(P)PP)NC(=O)[C@H](CC(=O)[C@@H](Cc1ccc(Cl)cc1)NC(=O)[C@H](C)Cc1ccc2ccccc2c1)Cc1cccnc1. The van der Waals surface area contributed by atoms with Crippen molar-refractivity contribution in [1.82, 2.24) is 15.6 Å². The Morgan fingerprint density at radius 3 is 2.22 bits per heavy atom. The molecule has 2 N–H and O–H groups in total. The number of nitrogens with one attached hydrogen (secondary N) is 2. The molecule has 8 atom stereocenters. The molecule has 8 nitrogen and oxygen atoms in total. The summed E-state index contributed by atoms with van der Waals surface area (Å²) in [5.41, 5.74) is 2.61. The van der Waals surface area contributed by atoms with Gasteiger partial charge in [-0.2, -0.15) is 0 Å². The van der Waals surface area contributed by atoms with Gasteiger partial charge in [-0.25, -0.2) is 0 Å². The van der Waals surface area contributed by atoms with E-state index in [1.807, 2.05) is 61.5 Å². The molecule has 13 heteroatoms. The average molecular weight is 756 g/mol. The summed E-state index contributed by atoms with van der Waals surface area (Å²) in [7, 11) is 4.90. The number of pyridine rings is 1. The number of fused-ring (bicyclic) bond motifs is 1. The van der Waals surface area contributed by atoms with Crippen LogP contribution >= 0.6 is 44.9 Å². The standard InChI is InChI=1S/C36H42ClN3O5P4/c1-23(16-26-9-12-28-7-3-4-8-29(28)17-26)35(43)39-32(19-25-10-13-31(37)14-11-25)34(42)20-30(18-27-6-5-15-38-21-27)36(44)40-33(24(2)41)22-45-49(47)48-46/h3-15,17,21,23,30,32-33,48H,16,18-20,22,46-47H2,1-2H3,(H,39,43)(H,40,44)/t23-,30+,32-,33+,49?/m1/s1. The van der Waals surface area contributed by atoms with Crippen molar-refractivity contribution in [1.29, 1.82) is 0 Å². The van der Waals surface area contributed by atoms with Crippen LogP contribution in [0.4, 0.5) is 0 Å². The molecule has 258 valence electrons. The fourth-order valence-corrected chi connectivity index (χ4v) is 7.30. The van der Waals surface area contributed by atoms with Crippen LogP contribution < -0.4 is 10.6 Å². The van der Waals surface area contributed by atoms with Gasteiger partial charge in [0.05, 0.1) is 20.2 Å². The molecule has 4 aromatic rings. The number of rotatable bonds is 18. The smallest absolute Gasteiger partial charge is 0.224 e. The first-order valence-electron chi connectivity index (χ1n) is 15.9. The van der Waals surface area contributed by atoms with Crippen LogP contribution in [0.2, 0.25) is 5.02 Å². The zero-order chi connectivity index (χ0) is 35.3. The topological polar surface area (TPSA) is 114 Å². The van der Waals surface area contributed by atoms with Gasteiger partial charge in [0.1, 0.15) is 6.04 Å². The monoisotopic (exact) mass is 755 g/mol. The lowest BCUT2D eigenvalue weighted by atomic mass is 9.89. The first kappa shape index (κ1) is 39.1. The van der Waals surface area contributed by atoms with Gasteiger partial charge in [-0.3, -0.25) is 24.2 Å². The van der Waals surface area contributed by atoms with E-state index in [0.717, 1.165) is 27.5 Å². The molecule has 0 saturated heterocycles. The summed E-state index contributed by atoms with van der Waals surface area (Å²) in [4.78, 5) is 58.2. The van der Waals surface area contributed by atoms with Crippen molar-refractivity contribution < 1.29 is 23.7 Å². The van der Waals surface area contributed by atoms with Gasteiger partial charge in [-0.05, 0) is 79.8 Å². The lowest BCUT2D eigenvalue weighted by Gasteiger charge is -2.25. The number of carbonyl (C=O) groups is 4. The first-order valence-corrected chi connectivity index (χ1v) is 22.8. The summed E-state index contributed by atoms with van der Waals surface area (Å²) >= 11 is 6.12. The van der Waals surface area contributed by atoms with E-state index in [2.05, 4.69) is 39.5 Å². The zero-order valence-corrected chi connectivity index (χ0v) is 32.4. The van der Waals surface area contributed by atoms with E-state index in [1.54, 1.807) is 30.6 Å². The molecule has 0 aliphatic heterocycles. The van der Waals surface area contributed by atoms with E-state index in [1.165, 1.54) is 6.92 Å². The van der Waals surface area contributed by atoms with E-state index < -0.39 is 37.4 Å². The molecule has 0 saturated carbocycles. The number of benzene rings is 3. The summed E-state index contributed by atoms with van der Waals surface area (Å²) < 4.78 is 5.79. The molecule has 0 aliphatic carbocycles. The van der Waals surface area contributed by atoms with E-state index in [-0.39, 0.29) is 43.3 Å². The van der Waals surface area contributed by atoms with Crippen molar-refractivity contribution in [3.63, 3.8) is 0 Å². The number of carbonyl (C=O) groups excluding carboxylic acids is 4. The van der Waals surface area contributed by atoms with E-state index in [0.29, 0.717) is 19.4 Å². The third kappa shape index (κ3) is 12.6. The quantitative estimate of drug-likeness (QED) is 0.103. The maximum atomic E-state index is 14.1. The summed E-state index contributed by atoms with van der Waals surface area (Å²) in [5, 5.41) is 8.61. The fraction of sp³-hybridized carbons (Fsp3) is 0.306. The molecule has 0 radical (unpaired) electrons. The Bertz CT molecular complexity index is 1730. The molecule has 0 bridgehead atoms. The van der Waals surface area contributed by atoms with Crippen LogP contribution in [0.5, 0.6) is 0 Å². The Morgan fingerprint density at radius 1 is 0.857 bits per heavy atom. The van der Waals surface area contributed by atoms with Crippen LogP contribution in [0, 0.1) is 11.8 Å². The molecule has 49 heavy (non-hydrogen) atoms. The largest absolute Gasteiger partial charge is 0.348 e. The van der Waals surface area contributed by atoms with Gasteiger partial charge >= 0.3 is 0 Å². The number of hydrogen-bond acceptors (Lipinski definition) is 6. The van der Waals surface area contributed by atoms with Gasteiger partial charge in [0.2, 0.25) is 11.8 Å². The van der Waals surface area contributed by atoms with E-state index in [9.17, 15) is 19.2 Å². The van der Waals surface area contributed by atoms with Gasteiger partial charge in [-0.1, -0.05) is 88.1 Å². The number of nitrogens with zero attached hydrogens (tertiary/aromatic N) is 1. The lowest BCUT2D eigenvalue weighted by Crippen LogP contribution is -2.48. The predicted molar refractivity (Wildman–Crippen MR) is 208 cm³/mol. The Hall–Kier alpha value is -2.68. The lowest BCUT2D eigenvalue weighted by molar-refractivity contribution is -0.134. The molecule has 1 heterocycles. The number of aromatic nitrogens is 1. The first-order chi connectivity index (χ1) is 23.5. The number of Topliss-reactive ketones (excluding diaryl/α,β-unsaturated/α-hetero) is 2. The summed E-state index contributed by atoms with van der Waals surface area (Å²) in [6, 6.07) is 23.2. The van der Waals surface area contributed by atoms with Crippen LogP contribution in [0.1, 0.15) is 37.0 Å². The summed E-state index contributed by atoms with van der Waals surface area (Å²) in [6.07, 6.45) is 4.07. The molecule has 3 aromatic carbocycles. The van der Waals surface area contributed by atoms with Crippen molar-refractivity contribution in [2.24, 2.45) is 11.8 Å². The minimum Gasteiger partial charge on any atom is -0.348 e. The maximum absolute atomic E-state index is 14.1. The molecular weight excluding hydrogens is 714 g/mol. The molecule has 0 aliphatic rings. The number of ketones is 2. The van der Waals surface area contributed by atoms with Crippen LogP contribution in [-0.2, 0) is 43.0 Å². The Labute approximate surface area is 300 Å². The average Bonchev–Trinajstić information content (AvgIpc) is 3.10. The Balaban J connectivity index is 1.54. The highest BCUT2D eigenvalue weighted by molar-refractivity contribution is 8.59. The second-order valence-corrected chi connectivity index (χ2v) is 21.0. The molecule has 4 unspecified atom stereocenters. The van der Waals surface area contributed by atoms with Crippen molar-refractivity contribution in [3.05, 3.63) is 113 Å². The van der Waals surface area contributed by atoms with Gasteiger partial charge < -0.3 is 15.2 Å². The van der Waals surface area contributed by atoms with Crippen LogP contribution in [0.25, 0.3) is 10.8 Å². The third-order valence-corrected chi connectivity index (χ3v) is 17.0. The summed E-state index contributed by atoms with van der Waals surface area (Å²) in [6.45, 7) is 3.28. The van der Waals surface area contributed by atoms with Crippen molar-refractivity contribution in [2.45, 2.75) is 51.6 Å². The molecule has 2 amide bonds. The number of amides is 2. The molecule has 4 rings (SSSR count). The van der Waals surface area contributed by atoms with Crippen molar-refractivity contribution in [3.8, 4) is 0 Å². The fourth-order valence-electron chi connectivity index (χ4n) is 5.42. The molecular formula is C36H42ClN3O5P4. The van der Waals surface area contributed by atoms with Gasteiger partial charge in [0.15, 0.2) is 11.6 Å². The van der Waals surface area contributed by atoms with Crippen LogP contribution in [0.3, 0.4) is 0 Å². The molecule has 1 aromatic heterocycles. The van der Waals surface area contributed by atoms with Crippen LogP contribution in [0.15, 0.2) is 91.3 Å². The highest BCUT2D eigenvalue weighted by atomic mass is 35.5. The normalized spacial score (nSPS) is 14.6. The molecule has 0 spiro atoms. The zero-order valence-electron chi connectivity index (χ0n) is 27.5. The Kier molecular flexibility index (Phi) is 15.7. The predicted octanol–water partition coefficient (Wildman–Crippen LogP) is 7.27. The highest BCUT2D eigenvalue weighted by Crippen LogP contribution is 2.66. The second-order valence-electron chi connectivity index (χ2n) is 12.0.